The molecule has 2 amide bonds. The first-order valence-electron chi connectivity index (χ1n) is 9.13. The van der Waals surface area contributed by atoms with Crippen LogP contribution in [0.25, 0.3) is 0 Å². The monoisotopic (exact) mass is 483 g/mol. The van der Waals surface area contributed by atoms with Gasteiger partial charge < -0.3 is 10.1 Å². The van der Waals surface area contributed by atoms with Gasteiger partial charge >= 0.3 is 6.09 Å². The molecule has 2 atom stereocenters. The molecule has 1 aromatic carbocycles. The number of likely N-dealkylation sites (tertiary alicyclic amines) is 1. The number of benzene rings is 1. The highest BCUT2D eigenvalue weighted by Gasteiger charge is 2.35. The molecule has 2 rings (SSSR count). The molecule has 0 spiro atoms. The Morgan fingerprint density at radius 2 is 2.00 bits per heavy atom. The van der Waals surface area contributed by atoms with Crippen LogP contribution in [0.2, 0.25) is 0 Å². The number of nitrogens with zero attached hydrogens (tertiary/aromatic N) is 2. The molecule has 1 N–H and O–H groups in total. The molecule has 1 saturated heterocycles. The minimum absolute atomic E-state index is 0.294. The zero-order valence-electron chi connectivity index (χ0n) is 16.0. The second-order valence-electron chi connectivity index (χ2n) is 7.71. The fourth-order valence-electron chi connectivity index (χ4n) is 3.00. The SMILES string of the molecule is CC(C)(C)OC(=O)N1CCCCC1C(=O)NC(C#N)Cc1ccc(I)cc1. The Labute approximate surface area is 174 Å². The first kappa shape index (κ1) is 21.5. The summed E-state index contributed by atoms with van der Waals surface area (Å²) < 4.78 is 6.55. The molecule has 1 heterocycles. The van der Waals surface area contributed by atoms with E-state index in [-0.39, 0.29) is 5.91 Å². The van der Waals surface area contributed by atoms with Crippen LogP contribution >= 0.6 is 22.6 Å². The van der Waals surface area contributed by atoms with Crippen LogP contribution in [0.15, 0.2) is 24.3 Å². The molecule has 146 valence electrons. The lowest BCUT2D eigenvalue weighted by Gasteiger charge is -2.36. The van der Waals surface area contributed by atoms with Gasteiger partial charge in [0.15, 0.2) is 0 Å². The quantitative estimate of drug-likeness (QED) is 0.664. The lowest BCUT2D eigenvalue weighted by Crippen LogP contribution is -2.54. The smallest absolute Gasteiger partial charge is 0.410 e. The van der Waals surface area contributed by atoms with Crippen LogP contribution in [-0.4, -0.2) is 41.1 Å². The van der Waals surface area contributed by atoms with Crippen LogP contribution in [0, 0.1) is 14.9 Å². The van der Waals surface area contributed by atoms with Crippen molar-refractivity contribution in [1.82, 2.24) is 10.2 Å². The van der Waals surface area contributed by atoms with E-state index in [1.807, 2.05) is 24.3 Å². The van der Waals surface area contributed by atoms with Gasteiger partial charge in [-0.15, -0.1) is 0 Å². The summed E-state index contributed by atoms with van der Waals surface area (Å²) in [7, 11) is 0. The number of hydrogen-bond donors (Lipinski definition) is 1. The Balaban J connectivity index is 2.03. The zero-order chi connectivity index (χ0) is 20.0. The predicted octanol–water partition coefficient (Wildman–Crippen LogP) is 3.63. The standard InChI is InChI=1S/C20H26IN3O3/c1-20(2,3)27-19(26)24-11-5-4-6-17(24)18(25)23-16(13-22)12-14-7-9-15(21)10-8-14/h7-10,16-17H,4-6,11-12H2,1-3H3,(H,23,25). The maximum atomic E-state index is 12.8. The predicted molar refractivity (Wildman–Crippen MR) is 111 cm³/mol. The van der Waals surface area contributed by atoms with Gasteiger partial charge in [0, 0.05) is 16.5 Å². The van der Waals surface area contributed by atoms with Crippen molar-refractivity contribution in [3.8, 4) is 6.07 Å². The number of rotatable bonds is 4. The number of halogens is 1. The van der Waals surface area contributed by atoms with Crippen LogP contribution in [0.5, 0.6) is 0 Å². The van der Waals surface area contributed by atoms with E-state index >= 15 is 0 Å². The third kappa shape index (κ3) is 6.69. The largest absolute Gasteiger partial charge is 0.444 e. The highest BCUT2D eigenvalue weighted by molar-refractivity contribution is 14.1. The van der Waals surface area contributed by atoms with Crippen molar-refractivity contribution in [1.29, 1.82) is 5.26 Å². The molecule has 0 aliphatic carbocycles. The molecule has 0 radical (unpaired) electrons. The van der Waals surface area contributed by atoms with E-state index in [0.29, 0.717) is 19.4 Å². The van der Waals surface area contributed by atoms with Crippen molar-refractivity contribution >= 4 is 34.6 Å². The van der Waals surface area contributed by atoms with Crippen molar-refractivity contribution in [3.05, 3.63) is 33.4 Å². The summed E-state index contributed by atoms with van der Waals surface area (Å²) in [5.74, 6) is -0.294. The van der Waals surface area contributed by atoms with E-state index < -0.39 is 23.8 Å². The summed E-state index contributed by atoms with van der Waals surface area (Å²) >= 11 is 2.22. The van der Waals surface area contributed by atoms with Gasteiger partial charge in [-0.25, -0.2) is 4.79 Å². The van der Waals surface area contributed by atoms with Gasteiger partial charge in [-0.2, -0.15) is 5.26 Å². The first-order valence-corrected chi connectivity index (χ1v) is 10.2. The van der Waals surface area contributed by atoms with Crippen LogP contribution in [0.4, 0.5) is 4.79 Å². The van der Waals surface area contributed by atoms with E-state index in [9.17, 15) is 14.9 Å². The number of ether oxygens (including phenoxy) is 1. The van der Waals surface area contributed by atoms with Gasteiger partial charge in [0.2, 0.25) is 5.91 Å². The fraction of sp³-hybridized carbons (Fsp3) is 0.550. The van der Waals surface area contributed by atoms with E-state index in [2.05, 4.69) is 34.0 Å². The number of nitriles is 1. The highest BCUT2D eigenvalue weighted by atomic mass is 127. The van der Waals surface area contributed by atoms with Gasteiger partial charge in [-0.3, -0.25) is 9.69 Å². The number of nitrogens with one attached hydrogen (secondary N) is 1. The maximum absolute atomic E-state index is 12.8. The van der Waals surface area contributed by atoms with E-state index in [1.54, 1.807) is 20.8 Å². The molecule has 0 bridgehead atoms. The third-order valence-corrected chi connectivity index (χ3v) is 4.98. The molecule has 1 aliphatic rings. The fourth-order valence-corrected chi connectivity index (χ4v) is 3.36. The molecule has 0 aromatic heterocycles. The Morgan fingerprint density at radius 3 is 2.59 bits per heavy atom. The number of carbonyl (C=O) groups is 2. The summed E-state index contributed by atoms with van der Waals surface area (Å²) in [5, 5.41) is 12.2. The Bertz CT molecular complexity index is 707. The van der Waals surface area contributed by atoms with Crippen LogP contribution in [0.3, 0.4) is 0 Å². The van der Waals surface area contributed by atoms with E-state index in [4.69, 9.17) is 4.74 Å². The normalized spacial score (nSPS) is 18.3. The second-order valence-corrected chi connectivity index (χ2v) is 8.95. The lowest BCUT2D eigenvalue weighted by atomic mass is 10.0. The summed E-state index contributed by atoms with van der Waals surface area (Å²) in [6, 6.07) is 8.75. The zero-order valence-corrected chi connectivity index (χ0v) is 18.2. The molecule has 7 heteroatoms. The van der Waals surface area contributed by atoms with Crippen molar-refractivity contribution < 1.29 is 14.3 Å². The average Bonchev–Trinajstić information content (AvgIpc) is 2.61. The maximum Gasteiger partial charge on any atom is 0.410 e. The number of carbonyl (C=O) groups excluding carboxylic acids is 2. The second kappa shape index (κ2) is 9.40. The van der Waals surface area contributed by atoms with Crippen molar-refractivity contribution in [2.45, 2.75) is 64.1 Å². The van der Waals surface area contributed by atoms with Crippen molar-refractivity contribution in [2.24, 2.45) is 0 Å². The first-order chi connectivity index (χ1) is 12.7. The Kier molecular flexibility index (Phi) is 7.48. The van der Waals surface area contributed by atoms with Gasteiger partial charge in [-0.05, 0) is 80.3 Å². The molecule has 1 fully saturated rings. The average molecular weight is 483 g/mol. The van der Waals surface area contributed by atoms with Crippen LogP contribution in [-0.2, 0) is 16.0 Å². The van der Waals surface area contributed by atoms with Crippen molar-refractivity contribution in [2.75, 3.05) is 6.54 Å². The molecular formula is C20H26IN3O3. The number of hydrogen-bond acceptors (Lipinski definition) is 4. The number of amides is 2. The third-order valence-electron chi connectivity index (χ3n) is 4.26. The molecule has 1 aliphatic heterocycles. The Hall–Kier alpha value is -1.82. The molecule has 2 unspecified atom stereocenters. The molecule has 1 aromatic rings. The van der Waals surface area contributed by atoms with Gasteiger partial charge in [0.25, 0.3) is 0 Å². The van der Waals surface area contributed by atoms with Gasteiger partial charge in [0.05, 0.1) is 6.07 Å². The number of piperidine rings is 1. The van der Waals surface area contributed by atoms with E-state index in [1.165, 1.54) is 4.90 Å². The molecule has 0 saturated carbocycles. The molecular weight excluding hydrogens is 457 g/mol. The molecule has 6 nitrogen and oxygen atoms in total. The summed E-state index contributed by atoms with van der Waals surface area (Å²) in [6.45, 7) is 5.89. The van der Waals surface area contributed by atoms with Crippen LogP contribution < -0.4 is 5.32 Å². The summed E-state index contributed by atoms with van der Waals surface area (Å²) in [6.07, 6.45) is 2.23. The highest BCUT2D eigenvalue weighted by Crippen LogP contribution is 2.21. The summed E-state index contributed by atoms with van der Waals surface area (Å²) in [5.41, 5.74) is 0.366. The minimum atomic E-state index is -0.639. The van der Waals surface area contributed by atoms with Gasteiger partial charge in [-0.1, -0.05) is 12.1 Å². The van der Waals surface area contributed by atoms with Crippen LogP contribution in [0.1, 0.15) is 45.6 Å². The summed E-state index contributed by atoms with van der Waals surface area (Å²) in [4.78, 5) is 26.7. The Morgan fingerprint density at radius 1 is 1.33 bits per heavy atom. The van der Waals surface area contributed by atoms with Crippen molar-refractivity contribution in [3.63, 3.8) is 0 Å². The minimum Gasteiger partial charge on any atom is -0.444 e. The van der Waals surface area contributed by atoms with Gasteiger partial charge in [0.1, 0.15) is 17.7 Å². The molecule has 27 heavy (non-hydrogen) atoms. The lowest BCUT2D eigenvalue weighted by molar-refractivity contribution is -0.128. The topological polar surface area (TPSA) is 82.4 Å². The van der Waals surface area contributed by atoms with E-state index in [0.717, 1.165) is 22.0 Å².